The van der Waals surface area contributed by atoms with E-state index in [2.05, 4.69) is 5.32 Å². The molecule has 0 saturated carbocycles. The number of ether oxygens (including phenoxy) is 3. The summed E-state index contributed by atoms with van der Waals surface area (Å²) < 4.78 is 15.7. The summed E-state index contributed by atoms with van der Waals surface area (Å²) in [5, 5.41) is 11.8. The lowest BCUT2D eigenvalue weighted by molar-refractivity contribution is -0.141. The van der Waals surface area contributed by atoms with Gasteiger partial charge in [-0.05, 0) is 19.1 Å². The van der Waals surface area contributed by atoms with Gasteiger partial charge in [0.15, 0.2) is 11.5 Å². The van der Waals surface area contributed by atoms with Gasteiger partial charge in [-0.25, -0.2) is 4.79 Å². The Morgan fingerprint density at radius 2 is 1.65 bits per heavy atom. The molecule has 26 heavy (non-hydrogen) atoms. The second-order valence-electron chi connectivity index (χ2n) is 5.41. The molecule has 9 heteroatoms. The third-order valence-corrected chi connectivity index (χ3v) is 3.72. The van der Waals surface area contributed by atoms with Crippen LogP contribution in [0, 0.1) is 0 Å². The molecule has 2 N–H and O–H groups in total. The number of hydrogen-bond acceptors (Lipinski definition) is 6. The van der Waals surface area contributed by atoms with Crippen LogP contribution in [-0.4, -0.2) is 68.3 Å². The molecular weight excluding hydrogens is 344 g/mol. The Morgan fingerprint density at radius 3 is 2.04 bits per heavy atom. The Morgan fingerprint density at radius 1 is 1.12 bits per heavy atom. The van der Waals surface area contributed by atoms with Crippen molar-refractivity contribution < 1.29 is 33.7 Å². The molecule has 2 amide bonds. The summed E-state index contributed by atoms with van der Waals surface area (Å²) in [6.07, 6.45) is 0. The number of nitrogens with zero attached hydrogens (tertiary/aromatic N) is 1. The summed E-state index contributed by atoms with van der Waals surface area (Å²) >= 11 is 0. The first-order valence-electron chi connectivity index (χ1n) is 7.85. The summed E-state index contributed by atoms with van der Waals surface area (Å²) in [5.74, 6) is -1.09. The Bertz CT molecular complexity index is 650. The molecule has 1 aromatic rings. The zero-order valence-electron chi connectivity index (χ0n) is 15.5. The predicted octanol–water partition coefficient (Wildman–Crippen LogP) is 0.764. The Balaban J connectivity index is 3.24. The molecule has 0 radical (unpaired) electrons. The first-order chi connectivity index (χ1) is 12.3. The number of rotatable bonds is 9. The average Bonchev–Trinajstić information content (AvgIpc) is 2.62. The molecule has 0 heterocycles. The van der Waals surface area contributed by atoms with Crippen LogP contribution in [-0.2, 0) is 9.59 Å². The van der Waals surface area contributed by atoms with Crippen LogP contribution in [0.25, 0.3) is 0 Å². The summed E-state index contributed by atoms with van der Waals surface area (Å²) in [4.78, 5) is 36.5. The summed E-state index contributed by atoms with van der Waals surface area (Å²) in [6.45, 7) is 2.89. The average molecular weight is 368 g/mol. The number of carboxylic acid groups (broad SMARTS) is 1. The van der Waals surface area contributed by atoms with Gasteiger partial charge in [-0.2, -0.15) is 0 Å². The van der Waals surface area contributed by atoms with Crippen LogP contribution in [0.4, 0.5) is 0 Å². The molecule has 1 rings (SSSR count). The van der Waals surface area contributed by atoms with Gasteiger partial charge in [-0.3, -0.25) is 9.59 Å². The Hall–Kier alpha value is -2.97. The van der Waals surface area contributed by atoms with E-state index in [9.17, 15) is 19.5 Å². The molecule has 0 spiro atoms. The van der Waals surface area contributed by atoms with Crippen molar-refractivity contribution in [2.24, 2.45) is 0 Å². The molecule has 0 bridgehead atoms. The summed E-state index contributed by atoms with van der Waals surface area (Å²) in [5.41, 5.74) is 0.176. The largest absolute Gasteiger partial charge is 0.493 e. The molecule has 0 aliphatic rings. The third kappa shape index (κ3) is 5.01. The minimum absolute atomic E-state index is 0.0303. The second kappa shape index (κ2) is 9.50. The SMILES string of the molecule is COc1cc(C(=O)N(CCNC(C)=O)C(C)C(=O)O)cc(OC)c1OC. The van der Waals surface area contributed by atoms with E-state index in [1.807, 2.05) is 0 Å². The predicted molar refractivity (Wildman–Crippen MR) is 92.9 cm³/mol. The fourth-order valence-corrected chi connectivity index (χ4v) is 2.33. The van der Waals surface area contributed by atoms with Crippen LogP contribution in [0.3, 0.4) is 0 Å². The van der Waals surface area contributed by atoms with Crippen molar-refractivity contribution in [2.45, 2.75) is 19.9 Å². The number of carbonyl (C=O) groups excluding carboxylic acids is 2. The molecule has 1 unspecified atom stereocenters. The van der Waals surface area contributed by atoms with E-state index in [1.54, 1.807) is 0 Å². The lowest BCUT2D eigenvalue weighted by atomic mass is 10.1. The van der Waals surface area contributed by atoms with E-state index in [0.717, 1.165) is 4.90 Å². The van der Waals surface area contributed by atoms with Gasteiger partial charge in [0.2, 0.25) is 11.7 Å². The van der Waals surface area contributed by atoms with Crippen molar-refractivity contribution in [2.75, 3.05) is 34.4 Å². The minimum atomic E-state index is -1.16. The standard InChI is InChI=1S/C17H24N2O7/c1-10(17(22)23)19(7-6-18-11(2)20)16(21)12-8-13(24-3)15(26-5)14(9-12)25-4/h8-10H,6-7H2,1-5H3,(H,18,20)(H,22,23). The number of nitrogens with one attached hydrogen (secondary N) is 1. The van der Waals surface area contributed by atoms with Gasteiger partial charge in [-0.1, -0.05) is 0 Å². The lowest BCUT2D eigenvalue weighted by Gasteiger charge is -2.27. The molecule has 0 aliphatic carbocycles. The highest BCUT2D eigenvalue weighted by molar-refractivity contribution is 5.97. The Kier molecular flexibility index (Phi) is 7.70. The fourth-order valence-electron chi connectivity index (χ4n) is 2.33. The number of aliphatic carboxylic acids is 1. The first-order valence-corrected chi connectivity index (χ1v) is 7.85. The molecule has 1 atom stereocenters. The van der Waals surface area contributed by atoms with Crippen molar-refractivity contribution in [3.63, 3.8) is 0 Å². The topological polar surface area (TPSA) is 114 Å². The van der Waals surface area contributed by atoms with Crippen molar-refractivity contribution in [1.29, 1.82) is 0 Å². The summed E-state index contributed by atoms with van der Waals surface area (Å²) in [7, 11) is 4.27. The van der Waals surface area contributed by atoms with Crippen molar-refractivity contribution in [3.8, 4) is 17.2 Å². The van der Waals surface area contributed by atoms with Crippen LogP contribution in [0.2, 0.25) is 0 Å². The number of methoxy groups -OCH3 is 3. The molecule has 0 aliphatic heterocycles. The van der Waals surface area contributed by atoms with Crippen LogP contribution in [0.15, 0.2) is 12.1 Å². The van der Waals surface area contributed by atoms with Gasteiger partial charge in [0.25, 0.3) is 5.91 Å². The van der Waals surface area contributed by atoms with Gasteiger partial charge in [0.1, 0.15) is 6.04 Å². The third-order valence-electron chi connectivity index (χ3n) is 3.72. The number of carbonyl (C=O) groups is 3. The minimum Gasteiger partial charge on any atom is -0.493 e. The van der Waals surface area contributed by atoms with E-state index in [1.165, 1.54) is 47.3 Å². The first kappa shape index (κ1) is 21.1. The van der Waals surface area contributed by atoms with Crippen molar-refractivity contribution in [1.82, 2.24) is 10.2 Å². The molecule has 0 fully saturated rings. The maximum atomic E-state index is 12.9. The monoisotopic (exact) mass is 368 g/mol. The van der Waals surface area contributed by atoms with Gasteiger partial charge in [0, 0.05) is 25.6 Å². The van der Waals surface area contributed by atoms with Crippen molar-refractivity contribution in [3.05, 3.63) is 17.7 Å². The maximum Gasteiger partial charge on any atom is 0.326 e. The zero-order chi connectivity index (χ0) is 19.9. The number of benzene rings is 1. The highest BCUT2D eigenvalue weighted by Gasteiger charge is 2.28. The van der Waals surface area contributed by atoms with E-state index in [-0.39, 0.29) is 36.1 Å². The van der Waals surface area contributed by atoms with Gasteiger partial charge < -0.3 is 29.5 Å². The zero-order valence-corrected chi connectivity index (χ0v) is 15.5. The van der Waals surface area contributed by atoms with E-state index in [0.29, 0.717) is 5.75 Å². The van der Waals surface area contributed by atoms with Crippen LogP contribution in [0.1, 0.15) is 24.2 Å². The molecular formula is C17H24N2O7. The van der Waals surface area contributed by atoms with Crippen LogP contribution >= 0.6 is 0 Å². The molecule has 0 aromatic heterocycles. The number of amides is 2. The van der Waals surface area contributed by atoms with Crippen molar-refractivity contribution >= 4 is 17.8 Å². The summed E-state index contributed by atoms with van der Waals surface area (Å²) in [6, 6.07) is 1.81. The number of hydrogen-bond donors (Lipinski definition) is 2. The highest BCUT2D eigenvalue weighted by Crippen LogP contribution is 2.38. The highest BCUT2D eigenvalue weighted by atomic mass is 16.5. The van der Waals surface area contributed by atoms with Gasteiger partial charge >= 0.3 is 5.97 Å². The van der Waals surface area contributed by atoms with Crippen LogP contribution in [0.5, 0.6) is 17.2 Å². The van der Waals surface area contributed by atoms with Gasteiger partial charge in [0.05, 0.1) is 21.3 Å². The van der Waals surface area contributed by atoms with Crippen LogP contribution < -0.4 is 19.5 Å². The smallest absolute Gasteiger partial charge is 0.326 e. The number of carboxylic acids is 1. The van der Waals surface area contributed by atoms with Gasteiger partial charge in [-0.15, -0.1) is 0 Å². The lowest BCUT2D eigenvalue weighted by Crippen LogP contribution is -2.46. The second-order valence-corrected chi connectivity index (χ2v) is 5.41. The van der Waals surface area contributed by atoms with E-state index < -0.39 is 17.9 Å². The van der Waals surface area contributed by atoms with E-state index >= 15 is 0 Å². The molecule has 144 valence electrons. The quantitative estimate of drug-likeness (QED) is 0.661. The fraction of sp³-hybridized carbons (Fsp3) is 0.471. The normalized spacial score (nSPS) is 11.3. The molecule has 9 nitrogen and oxygen atoms in total. The maximum absolute atomic E-state index is 12.9. The molecule has 0 saturated heterocycles. The molecule has 1 aromatic carbocycles. The Labute approximate surface area is 151 Å². The van der Waals surface area contributed by atoms with E-state index in [4.69, 9.17) is 14.2 Å².